The maximum absolute atomic E-state index is 13.7. The molecule has 42 heavy (non-hydrogen) atoms. The largest absolute Gasteiger partial charge is 0.496 e. The highest BCUT2D eigenvalue weighted by molar-refractivity contribution is 5.96. The maximum atomic E-state index is 13.7. The number of pyridine rings is 1. The fourth-order valence-corrected chi connectivity index (χ4v) is 4.98. The Kier molecular flexibility index (Phi) is 10.9. The number of amides is 2. The first-order chi connectivity index (χ1) is 20.3. The second-order valence-corrected chi connectivity index (χ2v) is 10.7. The molecule has 2 aromatic carbocycles. The lowest BCUT2D eigenvalue weighted by Gasteiger charge is -2.19. The molecule has 1 aliphatic heterocycles. The highest BCUT2D eigenvalue weighted by atomic mass is 19.1. The number of nitrogens with zero attached hydrogens (tertiary/aromatic N) is 1. The van der Waals surface area contributed by atoms with Gasteiger partial charge in [-0.1, -0.05) is 42.8 Å². The Morgan fingerprint density at radius 1 is 1.14 bits per heavy atom. The number of halogens is 1. The molecule has 1 aliphatic rings. The van der Waals surface area contributed by atoms with Gasteiger partial charge in [0, 0.05) is 49.3 Å². The molecule has 8 nitrogen and oxygen atoms in total. The number of hydrogen-bond acceptors (Lipinski definition) is 6. The van der Waals surface area contributed by atoms with Gasteiger partial charge in [-0.15, -0.1) is 0 Å². The van der Waals surface area contributed by atoms with Crippen LogP contribution in [0.3, 0.4) is 0 Å². The van der Waals surface area contributed by atoms with Crippen LogP contribution in [0, 0.1) is 5.82 Å². The number of methoxy groups -OCH3 is 1. The van der Waals surface area contributed by atoms with Crippen LogP contribution < -0.4 is 26.4 Å². The van der Waals surface area contributed by atoms with Gasteiger partial charge in [-0.25, -0.2) is 9.37 Å². The monoisotopic (exact) mass is 573 g/mol. The van der Waals surface area contributed by atoms with Crippen molar-refractivity contribution in [3.05, 3.63) is 88.4 Å². The second kappa shape index (κ2) is 15.0. The maximum Gasteiger partial charge on any atom is 0.255 e. The summed E-state index contributed by atoms with van der Waals surface area (Å²) >= 11 is 0. The van der Waals surface area contributed by atoms with E-state index in [2.05, 4.69) is 33.1 Å². The van der Waals surface area contributed by atoms with Crippen molar-refractivity contribution in [1.29, 1.82) is 0 Å². The van der Waals surface area contributed by atoms with Gasteiger partial charge in [0.05, 0.1) is 18.4 Å². The molecule has 2 heterocycles. The summed E-state index contributed by atoms with van der Waals surface area (Å²) in [7, 11) is 1.44. The molecular weight excluding hydrogens is 533 g/mol. The summed E-state index contributed by atoms with van der Waals surface area (Å²) in [6.45, 7) is 2.98. The number of hydrogen-bond donors (Lipinski definition) is 4. The first-order valence-electron chi connectivity index (χ1n) is 14.5. The van der Waals surface area contributed by atoms with E-state index in [0.29, 0.717) is 31.0 Å². The third-order valence-electron chi connectivity index (χ3n) is 7.36. The Hall–Kier alpha value is -4.40. The van der Waals surface area contributed by atoms with Crippen LogP contribution in [0.1, 0.15) is 78.1 Å². The van der Waals surface area contributed by atoms with E-state index >= 15 is 0 Å². The summed E-state index contributed by atoms with van der Waals surface area (Å²) in [6, 6.07) is 11.8. The number of nitrogens with one attached hydrogen (secondary N) is 3. The highest BCUT2D eigenvalue weighted by Crippen LogP contribution is 2.29. The van der Waals surface area contributed by atoms with Gasteiger partial charge < -0.3 is 26.4 Å². The van der Waals surface area contributed by atoms with Crippen molar-refractivity contribution < 1.29 is 18.7 Å². The lowest BCUT2D eigenvalue weighted by atomic mass is 9.99. The summed E-state index contributed by atoms with van der Waals surface area (Å²) in [5.41, 5.74) is 11.3. The molecule has 0 fully saturated rings. The number of nitrogen functional groups attached to an aromatic ring is 1. The van der Waals surface area contributed by atoms with E-state index in [0.717, 1.165) is 66.1 Å². The molecule has 2 amide bonds. The number of anilines is 2. The Morgan fingerprint density at radius 3 is 2.71 bits per heavy atom. The van der Waals surface area contributed by atoms with E-state index < -0.39 is 11.7 Å². The topological polar surface area (TPSA) is 118 Å². The second-order valence-electron chi connectivity index (χ2n) is 10.7. The zero-order valence-corrected chi connectivity index (χ0v) is 24.3. The van der Waals surface area contributed by atoms with Gasteiger partial charge in [-0.2, -0.15) is 0 Å². The number of allylic oxidation sites excluding steroid dienone is 1. The fourth-order valence-electron chi connectivity index (χ4n) is 4.98. The number of benzene rings is 2. The van der Waals surface area contributed by atoms with Gasteiger partial charge in [-0.05, 0) is 61.9 Å². The van der Waals surface area contributed by atoms with Crippen LogP contribution in [0.15, 0.2) is 54.7 Å². The Labute approximate surface area is 247 Å². The Balaban J connectivity index is 1.47. The van der Waals surface area contributed by atoms with E-state index in [1.807, 2.05) is 31.2 Å². The van der Waals surface area contributed by atoms with Gasteiger partial charge >= 0.3 is 0 Å². The predicted octanol–water partition coefficient (Wildman–Crippen LogP) is 5.62. The van der Waals surface area contributed by atoms with Crippen LogP contribution in [0.4, 0.5) is 15.9 Å². The molecule has 4 rings (SSSR count). The van der Waals surface area contributed by atoms with Crippen molar-refractivity contribution in [2.24, 2.45) is 0 Å². The van der Waals surface area contributed by atoms with E-state index in [1.165, 1.54) is 19.2 Å². The third-order valence-corrected chi connectivity index (χ3v) is 7.36. The average Bonchev–Trinajstić information content (AvgIpc) is 2.98. The van der Waals surface area contributed by atoms with Crippen LogP contribution in [0.5, 0.6) is 5.75 Å². The molecule has 9 heteroatoms. The van der Waals surface area contributed by atoms with Crippen LogP contribution in [0.2, 0.25) is 0 Å². The molecule has 1 aromatic heterocycles. The standard InChI is InChI=1S/C33H40FN5O3/c1-22-16-17-36-31-25(8-6-4-3-5-7-9-30(40)39-22)21-37-32(35)28(31)18-23-10-12-24(13-11-23)20-38-33(41)27-19-26(34)14-15-29(27)42-2/h6,8,10-15,19,21-22,36H,3-5,7,9,16-18,20H2,1-2H3,(H2,35,37)(H,38,41)(H,39,40)/b8-6+. The summed E-state index contributed by atoms with van der Waals surface area (Å²) in [4.78, 5) is 29.4. The van der Waals surface area contributed by atoms with E-state index in [9.17, 15) is 14.0 Å². The minimum Gasteiger partial charge on any atom is -0.496 e. The molecule has 0 bridgehead atoms. The van der Waals surface area contributed by atoms with E-state index in [4.69, 9.17) is 10.5 Å². The first-order valence-corrected chi connectivity index (χ1v) is 14.5. The Morgan fingerprint density at radius 2 is 1.93 bits per heavy atom. The average molecular weight is 574 g/mol. The molecule has 3 aromatic rings. The van der Waals surface area contributed by atoms with Crippen molar-refractivity contribution in [2.45, 2.75) is 64.5 Å². The number of fused-ring (bicyclic) bond motifs is 1. The molecule has 0 radical (unpaired) electrons. The summed E-state index contributed by atoms with van der Waals surface area (Å²) in [5.74, 6) is -0.0213. The molecule has 5 N–H and O–H groups in total. The number of rotatable bonds is 6. The zero-order valence-electron chi connectivity index (χ0n) is 24.3. The summed E-state index contributed by atoms with van der Waals surface area (Å²) in [5, 5.41) is 9.50. The van der Waals surface area contributed by atoms with Crippen molar-refractivity contribution in [3.8, 4) is 5.75 Å². The smallest absolute Gasteiger partial charge is 0.255 e. The number of ether oxygens (including phenoxy) is 1. The SMILES string of the molecule is COc1ccc(F)cc1C(=O)NCc1ccc(Cc2c(N)ncc3c2NCCC(C)NC(=O)CCCCC/C=C/3)cc1. The van der Waals surface area contributed by atoms with Crippen LogP contribution in [-0.2, 0) is 17.8 Å². The predicted molar refractivity (Wildman–Crippen MR) is 165 cm³/mol. The van der Waals surface area contributed by atoms with Gasteiger partial charge in [0.1, 0.15) is 17.4 Å². The van der Waals surface area contributed by atoms with E-state index in [1.54, 1.807) is 6.20 Å². The summed E-state index contributed by atoms with van der Waals surface area (Å²) < 4.78 is 18.9. The first kappa shape index (κ1) is 30.6. The van der Waals surface area contributed by atoms with Gasteiger partial charge in [0.2, 0.25) is 5.91 Å². The molecule has 0 saturated carbocycles. The summed E-state index contributed by atoms with van der Waals surface area (Å²) in [6.07, 6.45) is 11.9. The number of carbonyl (C=O) groups excluding carboxylic acids is 2. The van der Waals surface area contributed by atoms with Crippen LogP contribution >= 0.6 is 0 Å². The van der Waals surface area contributed by atoms with Crippen molar-refractivity contribution >= 4 is 29.4 Å². The normalized spacial score (nSPS) is 17.0. The molecular formula is C33H40FN5O3. The number of aromatic nitrogens is 1. The molecule has 0 spiro atoms. The quantitative estimate of drug-likeness (QED) is 0.304. The van der Waals surface area contributed by atoms with Gasteiger partial charge in [-0.3, -0.25) is 9.59 Å². The minimum atomic E-state index is -0.501. The third kappa shape index (κ3) is 8.55. The van der Waals surface area contributed by atoms with Crippen molar-refractivity contribution in [1.82, 2.24) is 15.6 Å². The van der Waals surface area contributed by atoms with Gasteiger partial charge in [0.15, 0.2) is 0 Å². The lowest BCUT2D eigenvalue weighted by Crippen LogP contribution is -2.33. The van der Waals surface area contributed by atoms with Gasteiger partial charge in [0.25, 0.3) is 5.91 Å². The molecule has 0 aliphatic carbocycles. The number of carbonyl (C=O) groups is 2. The molecule has 1 atom stereocenters. The fraction of sp³-hybridized carbons (Fsp3) is 0.364. The minimum absolute atomic E-state index is 0.0618. The highest BCUT2D eigenvalue weighted by Gasteiger charge is 2.16. The lowest BCUT2D eigenvalue weighted by molar-refractivity contribution is -0.121. The van der Waals surface area contributed by atoms with Crippen molar-refractivity contribution in [2.75, 3.05) is 24.7 Å². The Bertz CT molecular complexity index is 1410. The van der Waals surface area contributed by atoms with Crippen molar-refractivity contribution in [3.63, 3.8) is 0 Å². The molecule has 1 unspecified atom stereocenters. The van der Waals surface area contributed by atoms with Crippen LogP contribution in [-0.4, -0.2) is 36.5 Å². The number of nitrogens with two attached hydrogens (primary N) is 1. The molecule has 222 valence electrons. The van der Waals surface area contributed by atoms with E-state index in [-0.39, 0.29) is 24.1 Å². The van der Waals surface area contributed by atoms with Crippen LogP contribution in [0.25, 0.3) is 6.08 Å². The molecule has 0 saturated heterocycles. The zero-order chi connectivity index (χ0) is 29.9.